The highest BCUT2D eigenvalue weighted by Gasteiger charge is 2.40. The molecule has 0 unspecified atom stereocenters. The Balaban J connectivity index is 1.63. The zero-order valence-corrected chi connectivity index (χ0v) is 14.0. The Morgan fingerprint density at radius 2 is 2.13 bits per heavy atom. The van der Waals surface area contributed by atoms with Gasteiger partial charge in [0.25, 0.3) is 5.91 Å². The molecule has 3 heterocycles. The van der Waals surface area contributed by atoms with Crippen LogP contribution in [0.3, 0.4) is 0 Å². The molecular weight excluding hydrogens is 296 g/mol. The molecule has 2 aliphatic rings. The average molecular weight is 322 g/mol. The van der Waals surface area contributed by atoms with Crippen molar-refractivity contribution in [1.29, 1.82) is 0 Å². The van der Waals surface area contributed by atoms with Crippen LogP contribution in [0.5, 0.6) is 0 Å². The van der Waals surface area contributed by atoms with Gasteiger partial charge in [-0.2, -0.15) is 5.10 Å². The van der Waals surface area contributed by atoms with Crippen molar-refractivity contribution in [3.05, 3.63) is 17.5 Å². The van der Waals surface area contributed by atoms with Gasteiger partial charge in [0.1, 0.15) is 0 Å². The normalized spacial score (nSPS) is 26.0. The third kappa shape index (κ3) is 3.57. The van der Waals surface area contributed by atoms with Gasteiger partial charge in [0.05, 0.1) is 36.6 Å². The molecule has 0 aliphatic carbocycles. The van der Waals surface area contributed by atoms with Gasteiger partial charge in [-0.05, 0) is 20.3 Å². The fourth-order valence-corrected chi connectivity index (χ4v) is 3.39. The number of nitrogens with zero attached hydrogens (tertiary/aromatic N) is 4. The van der Waals surface area contributed by atoms with Crippen molar-refractivity contribution in [2.45, 2.75) is 32.4 Å². The van der Waals surface area contributed by atoms with E-state index < -0.39 is 5.60 Å². The lowest BCUT2D eigenvalue weighted by Gasteiger charge is -2.33. The standard InChI is InChI=1S/C16H26N4O3/c1-3-20-10-14(13(2)17-20)15(21)19-5-4-16(22,12-19)11-18-6-8-23-9-7-18/h10,22H,3-9,11-12H2,1-2H3/t16-/m0/s1. The molecule has 0 radical (unpaired) electrons. The molecule has 0 bridgehead atoms. The third-order valence-corrected chi connectivity index (χ3v) is 4.74. The minimum absolute atomic E-state index is 0.0277. The fourth-order valence-electron chi connectivity index (χ4n) is 3.39. The molecule has 2 aliphatic heterocycles. The van der Waals surface area contributed by atoms with Crippen molar-refractivity contribution in [1.82, 2.24) is 19.6 Å². The molecule has 7 heteroatoms. The number of carbonyl (C=O) groups excluding carboxylic acids is 1. The molecule has 7 nitrogen and oxygen atoms in total. The van der Waals surface area contributed by atoms with Gasteiger partial charge in [0.15, 0.2) is 0 Å². The Bertz CT molecular complexity index is 568. The minimum Gasteiger partial charge on any atom is -0.387 e. The first-order chi connectivity index (χ1) is 11.0. The van der Waals surface area contributed by atoms with E-state index in [0.717, 1.165) is 25.3 Å². The predicted octanol–water partition coefficient (Wildman–Crippen LogP) is 0.121. The second-order valence-electron chi connectivity index (χ2n) is 6.57. The fraction of sp³-hybridized carbons (Fsp3) is 0.750. The molecule has 1 N–H and O–H groups in total. The van der Waals surface area contributed by atoms with Crippen LogP contribution < -0.4 is 0 Å². The summed E-state index contributed by atoms with van der Waals surface area (Å²) in [6.45, 7) is 9.31. The molecule has 3 rings (SSSR count). The largest absolute Gasteiger partial charge is 0.387 e. The van der Waals surface area contributed by atoms with E-state index in [0.29, 0.717) is 44.8 Å². The second kappa shape index (κ2) is 6.59. The number of rotatable bonds is 4. The van der Waals surface area contributed by atoms with E-state index in [9.17, 15) is 9.90 Å². The summed E-state index contributed by atoms with van der Waals surface area (Å²) in [5, 5.41) is 15.2. The van der Waals surface area contributed by atoms with Gasteiger partial charge in [-0.25, -0.2) is 0 Å². The lowest BCUT2D eigenvalue weighted by Crippen LogP contribution is -2.49. The number of morpholine rings is 1. The Morgan fingerprint density at radius 1 is 1.39 bits per heavy atom. The lowest BCUT2D eigenvalue weighted by atomic mass is 10.0. The first-order valence-corrected chi connectivity index (χ1v) is 8.36. The summed E-state index contributed by atoms with van der Waals surface area (Å²) < 4.78 is 7.12. The quantitative estimate of drug-likeness (QED) is 0.853. The summed E-state index contributed by atoms with van der Waals surface area (Å²) in [6, 6.07) is 0. The highest BCUT2D eigenvalue weighted by molar-refractivity contribution is 5.95. The molecular formula is C16H26N4O3. The number of ether oxygens (including phenoxy) is 1. The summed E-state index contributed by atoms with van der Waals surface area (Å²) in [6.07, 6.45) is 2.42. The zero-order chi connectivity index (χ0) is 16.4. The van der Waals surface area contributed by atoms with Crippen molar-refractivity contribution in [2.24, 2.45) is 0 Å². The molecule has 2 saturated heterocycles. The zero-order valence-electron chi connectivity index (χ0n) is 14.0. The van der Waals surface area contributed by atoms with Gasteiger partial charge in [-0.1, -0.05) is 0 Å². The van der Waals surface area contributed by atoms with Crippen LogP contribution in [0, 0.1) is 6.92 Å². The second-order valence-corrected chi connectivity index (χ2v) is 6.57. The molecule has 1 aromatic heterocycles. The Labute approximate surface area is 136 Å². The summed E-state index contributed by atoms with van der Waals surface area (Å²) in [7, 11) is 0. The van der Waals surface area contributed by atoms with Crippen LogP contribution in [0.2, 0.25) is 0 Å². The van der Waals surface area contributed by atoms with E-state index in [2.05, 4.69) is 10.00 Å². The Kier molecular flexibility index (Phi) is 4.70. The number of aliphatic hydroxyl groups is 1. The molecule has 1 aromatic rings. The van der Waals surface area contributed by atoms with Crippen molar-refractivity contribution in [3.8, 4) is 0 Å². The third-order valence-electron chi connectivity index (χ3n) is 4.74. The summed E-state index contributed by atoms with van der Waals surface area (Å²) in [5.41, 5.74) is 0.574. The highest BCUT2D eigenvalue weighted by atomic mass is 16.5. The molecule has 0 spiro atoms. The van der Waals surface area contributed by atoms with Crippen LogP contribution in [-0.4, -0.2) is 82.1 Å². The number of β-amino-alcohol motifs (C(OH)–C–C–N with tert-alkyl or cyclic N) is 1. The highest BCUT2D eigenvalue weighted by Crippen LogP contribution is 2.25. The number of carbonyl (C=O) groups is 1. The number of hydrogen-bond donors (Lipinski definition) is 1. The van der Waals surface area contributed by atoms with Crippen molar-refractivity contribution in [2.75, 3.05) is 45.9 Å². The van der Waals surface area contributed by atoms with Gasteiger partial charge >= 0.3 is 0 Å². The molecule has 2 fully saturated rings. The van der Waals surface area contributed by atoms with Crippen molar-refractivity contribution >= 4 is 5.91 Å². The van der Waals surface area contributed by atoms with Gasteiger partial charge in [-0.3, -0.25) is 14.4 Å². The average Bonchev–Trinajstić information content (AvgIpc) is 3.11. The molecule has 0 aromatic carbocycles. The first-order valence-electron chi connectivity index (χ1n) is 8.36. The van der Waals surface area contributed by atoms with Crippen LogP contribution in [0.4, 0.5) is 0 Å². The summed E-state index contributed by atoms with van der Waals surface area (Å²) >= 11 is 0. The van der Waals surface area contributed by atoms with Crippen LogP contribution in [0.1, 0.15) is 29.4 Å². The minimum atomic E-state index is -0.818. The number of aryl methyl sites for hydroxylation is 2. The summed E-state index contributed by atoms with van der Waals surface area (Å²) in [4.78, 5) is 16.7. The van der Waals surface area contributed by atoms with Crippen LogP contribution in [0.25, 0.3) is 0 Å². The number of hydrogen-bond acceptors (Lipinski definition) is 5. The van der Waals surface area contributed by atoms with Crippen molar-refractivity contribution in [3.63, 3.8) is 0 Å². The molecule has 128 valence electrons. The topological polar surface area (TPSA) is 70.8 Å². The Morgan fingerprint density at radius 3 is 2.78 bits per heavy atom. The number of amides is 1. The van der Waals surface area contributed by atoms with E-state index in [1.54, 1.807) is 15.8 Å². The molecule has 0 saturated carbocycles. The van der Waals surface area contributed by atoms with Gasteiger partial charge < -0.3 is 14.7 Å². The lowest BCUT2D eigenvalue weighted by molar-refractivity contribution is -0.0257. The first kappa shape index (κ1) is 16.4. The van der Waals surface area contributed by atoms with E-state index in [-0.39, 0.29) is 5.91 Å². The van der Waals surface area contributed by atoms with Crippen LogP contribution >= 0.6 is 0 Å². The maximum atomic E-state index is 12.7. The van der Waals surface area contributed by atoms with Gasteiger partial charge in [0.2, 0.25) is 0 Å². The van der Waals surface area contributed by atoms with E-state index >= 15 is 0 Å². The smallest absolute Gasteiger partial charge is 0.257 e. The van der Waals surface area contributed by atoms with Crippen LogP contribution in [-0.2, 0) is 11.3 Å². The number of aromatic nitrogens is 2. The number of likely N-dealkylation sites (tertiary alicyclic amines) is 1. The maximum absolute atomic E-state index is 12.7. The maximum Gasteiger partial charge on any atom is 0.257 e. The Hall–Kier alpha value is -1.44. The monoisotopic (exact) mass is 322 g/mol. The van der Waals surface area contributed by atoms with Gasteiger partial charge in [0, 0.05) is 38.9 Å². The van der Waals surface area contributed by atoms with Crippen molar-refractivity contribution < 1.29 is 14.6 Å². The van der Waals surface area contributed by atoms with E-state index in [4.69, 9.17) is 4.74 Å². The van der Waals surface area contributed by atoms with Gasteiger partial charge in [-0.15, -0.1) is 0 Å². The predicted molar refractivity (Wildman–Crippen MR) is 85.4 cm³/mol. The molecule has 23 heavy (non-hydrogen) atoms. The van der Waals surface area contributed by atoms with E-state index in [1.165, 1.54) is 0 Å². The molecule has 1 atom stereocenters. The van der Waals surface area contributed by atoms with E-state index in [1.807, 2.05) is 13.8 Å². The SMILES string of the molecule is CCn1cc(C(=O)N2CC[C@](O)(CN3CCOCC3)C2)c(C)n1. The molecule has 1 amide bonds. The summed E-state index contributed by atoms with van der Waals surface area (Å²) in [5.74, 6) is -0.0277. The van der Waals surface area contributed by atoms with Crippen LogP contribution in [0.15, 0.2) is 6.20 Å².